The lowest BCUT2D eigenvalue weighted by molar-refractivity contribution is 0.134. The van der Waals surface area contributed by atoms with Gasteiger partial charge in [-0.1, -0.05) is 6.42 Å². The molecule has 0 aromatic rings. The second kappa shape index (κ2) is 6.35. The molecule has 0 saturated carbocycles. The lowest BCUT2D eigenvalue weighted by atomic mass is 10.0. The van der Waals surface area contributed by atoms with Crippen LogP contribution in [0.25, 0.3) is 0 Å². The van der Waals surface area contributed by atoms with Crippen LogP contribution in [-0.4, -0.2) is 49.3 Å². The molecule has 1 fully saturated rings. The first-order chi connectivity index (χ1) is 6.38. The van der Waals surface area contributed by atoms with Crippen LogP contribution in [-0.2, 0) is 0 Å². The Kier molecular flexibility index (Phi) is 5.35. The molecule has 1 saturated heterocycles. The van der Waals surface area contributed by atoms with Gasteiger partial charge in [-0.3, -0.25) is 4.90 Å². The number of piperidine rings is 1. The largest absolute Gasteiger partial charge is 0.396 e. The average Bonchev–Trinajstić information content (AvgIpc) is 2.17. The molecule has 1 unspecified atom stereocenters. The molecule has 3 nitrogen and oxygen atoms in total. The van der Waals surface area contributed by atoms with Crippen molar-refractivity contribution < 1.29 is 5.11 Å². The summed E-state index contributed by atoms with van der Waals surface area (Å²) in [7, 11) is 2.01. The van der Waals surface area contributed by atoms with Crippen LogP contribution in [0.1, 0.15) is 25.7 Å². The van der Waals surface area contributed by atoms with Gasteiger partial charge in [0.2, 0.25) is 0 Å². The van der Waals surface area contributed by atoms with Gasteiger partial charge in [0.25, 0.3) is 0 Å². The van der Waals surface area contributed by atoms with Crippen LogP contribution >= 0.6 is 0 Å². The topological polar surface area (TPSA) is 35.5 Å². The lowest BCUT2D eigenvalue weighted by Gasteiger charge is -2.35. The molecule has 1 heterocycles. The quantitative estimate of drug-likeness (QED) is 0.654. The third kappa shape index (κ3) is 3.63. The van der Waals surface area contributed by atoms with Crippen molar-refractivity contribution in [3.05, 3.63) is 0 Å². The Hall–Kier alpha value is -0.120. The van der Waals surface area contributed by atoms with Crippen molar-refractivity contribution in [2.24, 2.45) is 0 Å². The zero-order valence-electron chi connectivity index (χ0n) is 8.63. The van der Waals surface area contributed by atoms with E-state index in [1.165, 1.54) is 25.8 Å². The normalized spacial score (nSPS) is 24.9. The minimum atomic E-state index is 0.322. The van der Waals surface area contributed by atoms with Gasteiger partial charge in [0.15, 0.2) is 0 Å². The van der Waals surface area contributed by atoms with E-state index in [9.17, 15) is 0 Å². The number of rotatable bonds is 5. The van der Waals surface area contributed by atoms with Gasteiger partial charge in [-0.2, -0.15) is 0 Å². The van der Waals surface area contributed by atoms with Crippen molar-refractivity contribution in [2.45, 2.75) is 31.7 Å². The van der Waals surface area contributed by atoms with Crippen LogP contribution in [0.2, 0.25) is 0 Å². The number of hydrogen-bond donors (Lipinski definition) is 2. The second-order valence-corrected chi connectivity index (χ2v) is 3.82. The van der Waals surface area contributed by atoms with E-state index in [-0.39, 0.29) is 0 Å². The Labute approximate surface area is 81.1 Å². The molecule has 0 radical (unpaired) electrons. The summed E-state index contributed by atoms with van der Waals surface area (Å²) in [6, 6.07) is 0.699. The van der Waals surface area contributed by atoms with E-state index in [0.29, 0.717) is 12.6 Å². The predicted molar refractivity (Wildman–Crippen MR) is 54.8 cm³/mol. The fraction of sp³-hybridized carbons (Fsp3) is 1.00. The summed E-state index contributed by atoms with van der Waals surface area (Å²) in [5.74, 6) is 0. The first-order valence-electron chi connectivity index (χ1n) is 5.38. The lowest BCUT2D eigenvalue weighted by Crippen LogP contribution is -2.45. The maximum absolute atomic E-state index is 8.77. The fourth-order valence-electron chi connectivity index (χ4n) is 2.09. The summed E-state index contributed by atoms with van der Waals surface area (Å²) in [6.07, 6.45) is 4.92. The Morgan fingerprint density at radius 2 is 2.31 bits per heavy atom. The first-order valence-corrected chi connectivity index (χ1v) is 5.38. The van der Waals surface area contributed by atoms with E-state index in [2.05, 4.69) is 10.2 Å². The van der Waals surface area contributed by atoms with Crippen LogP contribution < -0.4 is 5.32 Å². The van der Waals surface area contributed by atoms with E-state index < -0.39 is 0 Å². The molecule has 0 aliphatic carbocycles. The summed E-state index contributed by atoms with van der Waals surface area (Å²) in [4.78, 5) is 2.51. The molecule has 2 N–H and O–H groups in total. The molecule has 1 aliphatic rings. The number of nitrogens with zero attached hydrogens (tertiary/aromatic N) is 1. The molecule has 78 valence electrons. The predicted octanol–water partition coefficient (Wildman–Crippen LogP) is 0.443. The van der Waals surface area contributed by atoms with Crippen LogP contribution in [0.15, 0.2) is 0 Å². The Bertz CT molecular complexity index is 128. The van der Waals surface area contributed by atoms with Crippen LogP contribution in [0, 0.1) is 0 Å². The Morgan fingerprint density at radius 1 is 1.46 bits per heavy atom. The highest BCUT2D eigenvalue weighted by Crippen LogP contribution is 2.16. The van der Waals surface area contributed by atoms with Crippen LogP contribution in [0.4, 0.5) is 0 Å². The van der Waals surface area contributed by atoms with Crippen molar-refractivity contribution in [1.82, 2.24) is 10.2 Å². The number of likely N-dealkylation sites (N-methyl/N-ethyl adjacent to an activating group) is 1. The highest BCUT2D eigenvalue weighted by molar-refractivity contribution is 4.77. The van der Waals surface area contributed by atoms with Crippen molar-refractivity contribution in [1.29, 1.82) is 0 Å². The summed E-state index contributed by atoms with van der Waals surface area (Å²) in [5.41, 5.74) is 0. The van der Waals surface area contributed by atoms with Gasteiger partial charge in [-0.15, -0.1) is 0 Å². The van der Waals surface area contributed by atoms with Gasteiger partial charge in [-0.05, 0) is 32.9 Å². The highest BCUT2D eigenvalue weighted by atomic mass is 16.3. The molecule has 0 bridgehead atoms. The van der Waals surface area contributed by atoms with E-state index in [1.807, 2.05) is 7.05 Å². The minimum absolute atomic E-state index is 0.322. The summed E-state index contributed by atoms with van der Waals surface area (Å²) >= 11 is 0. The molecule has 1 aliphatic heterocycles. The van der Waals surface area contributed by atoms with Crippen molar-refractivity contribution in [3.63, 3.8) is 0 Å². The zero-order chi connectivity index (χ0) is 9.52. The van der Waals surface area contributed by atoms with E-state index in [4.69, 9.17) is 5.11 Å². The van der Waals surface area contributed by atoms with Gasteiger partial charge in [0.05, 0.1) is 0 Å². The van der Waals surface area contributed by atoms with Gasteiger partial charge in [-0.25, -0.2) is 0 Å². The van der Waals surface area contributed by atoms with E-state index in [1.54, 1.807) is 0 Å². The summed E-state index contributed by atoms with van der Waals surface area (Å²) < 4.78 is 0. The summed E-state index contributed by atoms with van der Waals surface area (Å²) in [5, 5.41) is 12.0. The molecular weight excluding hydrogens is 164 g/mol. The maximum Gasteiger partial charge on any atom is 0.0443 e. The minimum Gasteiger partial charge on any atom is -0.396 e. The molecule has 0 aromatic heterocycles. The Morgan fingerprint density at radius 3 is 3.00 bits per heavy atom. The molecule has 13 heavy (non-hydrogen) atoms. The molecule has 0 aromatic carbocycles. The maximum atomic E-state index is 8.77. The molecular formula is C10H22N2O. The van der Waals surface area contributed by atoms with Gasteiger partial charge in [0.1, 0.15) is 0 Å². The third-order valence-corrected chi connectivity index (χ3v) is 2.79. The van der Waals surface area contributed by atoms with Crippen LogP contribution in [0.5, 0.6) is 0 Å². The number of nitrogens with one attached hydrogen (secondary N) is 1. The zero-order valence-corrected chi connectivity index (χ0v) is 8.63. The number of hydrogen-bond acceptors (Lipinski definition) is 3. The molecule has 3 heteroatoms. The van der Waals surface area contributed by atoms with Crippen molar-refractivity contribution in [3.8, 4) is 0 Å². The SMILES string of the molecule is CNCC1CCCCN1CCCO. The number of likely N-dealkylation sites (tertiary alicyclic amines) is 1. The monoisotopic (exact) mass is 186 g/mol. The average molecular weight is 186 g/mol. The van der Waals surface area contributed by atoms with Crippen LogP contribution in [0.3, 0.4) is 0 Å². The van der Waals surface area contributed by atoms with Gasteiger partial charge in [0, 0.05) is 25.7 Å². The standard InChI is InChI=1S/C10H22N2O/c1-11-9-10-5-2-3-6-12(10)7-4-8-13/h10-11,13H,2-9H2,1H3. The third-order valence-electron chi connectivity index (χ3n) is 2.79. The number of aliphatic hydroxyl groups excluding tert-OH is 1. The van der Waals surface area contributed by atoms with Gasteiger partial charge >= 0.3 is 0 Å². The van der Waals surface area contributed by atoms with E-state index in [0.717, 1.165) is 19.5 Å². The highest BCUT2D eigenvalue weighted by Gasteiger charge is 2.20. The Balaban J connectivity index is 2.28. The molecule has 1 atom stereocenters. The smallest absolute Gasteiger partial charge is 0.0443 e. The summed E-state index contributed by atoms with van der Waals surface area (Å²) in [6.45, 7) is 3.68. The van der Waals surface area contributed by atoms with Crippen molar-refractivity contribution in [2.75, 3.05) is 33.3 Å². The second-order valence-electron chi connectivity index (χ2n) is 3.82. The fourth-order valence-corrected chi connectivity index (χ4v) is 2.09. The molecule has 0 amide bonds. The van der Waals surface area contributed by atoms with E-state index >= 15 is 0 Å². The molecule has 0 spiro atoms. The number of aliphatic hydroxyl groups is 1. The van der Waals surface area contributed by atoms with Gasteiger partial charge < -0.3 is 10.4 Å². The molecule has 1 rings (SSSR count). The first kappa shape index (κ1) is 11.0. The van der Waals surface area contributed by atoms with Crippen molar-refractivity contribution >= 4 is 0 Å².